The molecule has 38 N–H and O–H groups in total. The van der Waals surface area contributed by atoms with Crippen LogP contribution in [0.2, 0.25) is 0 Å². The first-order chi connectivity index (χ1) is 66.6. The van der Waals surface area contributed by atoms with Crippen LogP contribution in [0, 0.1) is 11.3 Å². The molecule has 0 saturated heterocycles. The number of aromatic amines is 1. The van der Waals surface area contributed by atoms with Crippen LogP contribution in [0.5, 0.6) is 11.5 Å². The monoisotopic (exact) mass is 1990 g/mol. The molecule has 0 aliphatic carbocycles. The topological polar surface area (TPSA) is 925 Å². The number of carbonyl (C=O) groups excluding carboxylic acids is 17. The van der Waals surface area contributed by atoms with Crippen molar-refractivity contribution in [2.24, 2.45) is 28.9 Å². The fourth-order valence-electron chi connectivity index (χ4n) is 13.4. The Labute approximate surface area is 805 Å². The minimum Gasteiger partial charge on any atom is -0.508 e. The number of aromatic nitrogens is 2. The van der Waals surface area contributed by atoms with Crippen LogP contribution in [0.25, 0.3) is 0 Å². The highest BCUT2D eigenvalue weighted by atomic mass is 16.4. The maximum Gasteiger partial charge on any atom is 0.326 e. The van der Waals surface area contributed by atoms with Crippen molar-refractivity contribution in [1.82, 2.24) is 100 Å². The number of benzene rings is 3. The number of amides is 17. The molecule has 17 amide bonds. The number of carbonyl (C=O) groups is 20. The Morgan fingerprint density at radius 1 is 0.390 bits per heavy atom. The molecule has 0 aliphatic heterocycles. The summed E-state index contributed by atoms with van der Waals surface area (Å²) in [5.74, 6) is -27.7. The van der Waals surface area contributed by atoms with Gasteiger partial charge in [-0.1, -0.05) is 68.4 Å². The highest BCUT2D eigenvalue weighted by Crippen LogP contribution is 2.18. The van der Waals surface area contributed by atoms with Gasteiger partial charge in [0.15, 0.2) is 5.96 Å². The number of nitrogens with zero attached hydrogens (tertiary/aromatic N) is 1. The third-order valence-corrected chi connectivity index (χ3v) is 20.9. The number of H-pyrrole nitrogens is 1. The molecule has 0 saturated carbocycles. The Balaban J connectivity index is 1.57. The van der Waals surface area contributed by atoms with Gasteiger partial charge >= 0.3 is 17.9 Å². The first-order valence-electron chi connectivity index (χ1n) is 44.3. The predicted molar refractivity (Wildman–Crippen MR) is 490 cm³/mol. The van der Waals surface area contributed by atoms with E-state index in [-0.39, 0.29) is 80.7 Å². The SMILES string of the molecule is CC(C)C[C@H](NC(=O)[C@H](Cc1ccc(O)cc1)NC(=O)[C@H](CCCCN)NC(=O)[C@H](CO)NC(=O)[C@H](Cc1ccc(O)cc1)NC(=O)[C@H](CC(=O)O)NC(=O)[C@H](CO)NC(=O)[C@@H](NC(=O)[C@H](Cc1ccccc1)NC(=O)[C@@H](NC(=O)CNC(=O)[C@H](CCC(N)=O)NC(=O)[C@H](CO)NC(=O)[C@@H](N)Cc1c[nH]cn1)[C@@H](C)O)[C@@H](C)O)C(=O)N[C@@H](CC(=O)O)C(=O)N[C@@H](CO)C(=O)N[C@@H](CCCNC(=N)N)C(=O)O. The van der Waals surface area contributed by atoms with Crippen LogP contribution in [0.4, 0.5) is 0 Å². The van der Waals surface area contributed by atoms with E-state index in [4.69, 9.17) is 28.3 Å². The highest BCUT2D eigenvalue weighted by molar-refractivity contribution is 6.02. The molecule has 0 aliphatic rings. The highest BCUT2D eigenvalue weighted by Gasteiger charge is 2.41. The molecule has 3 aromatic carbocycles. The Hall–Kier alpha value is -15.2. The summed E-state index contributed by atoms with van der Waals surface area (Å²) in [6.45, 7) is -0.626. The Morgan fingerprint density at radius 3 is 1.15 bits per heavy atom. The fourth-order valence-corrected chi connectivity index (χ4v) is 13.4. The van der Waals surface area contributed by atoms with Gasteiger partial charge in [-0.2, -0.15) is 0 Å². The maximum atomic E-state index is 14.7. The summed E-state index contributed by atoms with van der Waals surface area (Å²) >= 11 is 0. The second-order valence-corrected chi connectivity index (χ2v) is 33.0. The fraction of sp³-hybridized carbons (Fsp3) is 0.512. The van der Waals surface area contributed by atoms with E-state index in [0.29, 0.717) is 11.3 Å². The number of carboxylic acids is 3. The molecule has 4 rings (SSSR count). The van der Waals surface area contributed by atoms with Gasteiger partial charge < -0.3 is 174 Å². The summed E-state index contributed by atoms with van der Waals surface area (Å²) in [5, 5.41) is 159. The molecular weight excluding hydrogens is 1870 g/mol. The smallest absolute Gasteiger partial charge is 0.326 e. The summed E-state index contributed by atoms with van der Waals surface area (Å²) in [7, 11) is 0. The number of aromatic hydroxyl groups is 2. The largest absolute Gasteiger partial charge is 0.508 e. The quantitative estimate of drug-likeness (QED) is 0.0111. The van der Waals surface area contributed by atoms with Gasteiger partial charge in [-0.05, 0) is 112 Å². The van der Waals surface area contributed by atoms with Crippen molar-refractivity contribution < 1.29 is 152 Å². The molecule has 0 unspecified atom stereocenters. The lowest BCUT2D eigenvalue weighted by Crippen LogP contribution is -2.63. The molecule has 4 aromatic rings. The van der Waals surface area contributed by atoms with Gasteiger partial charge in [0, 0.05) is 44.8 Å². The predicted octanol–water partition coefficient (Wildman–Crippen LogP) is -12.7. The van der Waals surface area contributed by atoms with Crippen LogP contribution >= 0.6 is 0 Å². The Kier molecular flexibility index (Phi) is 50.7. The van der Waals surface area contributed by atoms with Crippen LogP contribution in [0.1, 0.15) is 114 Å². The molecule has 776 valence electrons. The van der Waals surface area contributed by atoms with Crippen molar-refractivity contribution >= 4 is 124 Å². The molecule has 55 nitrogen and oxygen atoms in total. The van der Waals surface area contributed by atoms with Gasteiger partial charge in [-0.3, -0.25) is 96.5 Å². The van der Waals surface area contributed by atoms with Crippen molar-refractivity contribution in [2.45, 2.75) is 226 Å². The third-order valence-electron chi connectivity index (χ3n) is 20.9. The van der Waals surface area contributed by atoms with Crippen LogP contribution < -0.4 is 113 Å². The normalized spacial score (nSPS) is 14.9. The number of hydrogen-bond donors (Lipinski definition) is 34. The summed E-state index contributed by atoms with van der Waals surface area (Å²) in [4.78, 5) is 280. The van der Waals surface area contributed by atoms with E-state index < -0.39 is 317 Å². The number of imidazole rings is 1. The first kappa shape index (κ1) is 118. The zero-order chi connectivity index (χ0) is 105. The number of unbranched alkanes of at least 4 members (excludes halogenated alkanes) is 1. The van der Waals surface area contributed by atoms with E-state index in [9.17, 15) is 152 Å². The minimum atomic E-state index is -2.28. The van der Waals surface area contributed by atoms with Crippen LogP contribution in [-0.2, 0) is 122 Å². The van der Waals surface area contributed by atoms with Crippen molar-refractivity contribution in [1.29, 1.82) is 5.41 Å². The first-order valence-corrected chi connectivity index (χ1v) is 44.3. The molecule has 0 bridgehead atoms. The number of aliphatic hydroxyl groups excluding tert-OH is 6. The summed E-state index contributed by atoms with van der Waals surface area (Å²) < 4.78 is 0. The van der Waals surface area contributed by atoms with E-state index in [1.54, 1.807) is 19.9 Å². The number of hydrogen-bond acceptors (Lipinski definition) is 32. The molecule has 0 radical (unpaired) electrons. The minimum absolute atomic E-state index is 0.0207. The Morgan fingerprint density at radius 2 is 0.745 bits per heavy atom. The van der Waals surface area contributed by atoms with Gasteiger partial charge in [0.25, 0.3) is 0 Å². The van der Waals surface area contributed by atoms with E-state index in [2.05, 4.69) is 95.0 Å². The van der Waals surface area contributed by atoms with Crippen molar-refractivity contribution in [3.8, 4) is 11.5 Å². The van der Waals surface area contributed by atoms with E-state index in [1.165, 1.54) is 73.2 Å². The van der Waals surface area contributed by atoms with Crippen LogP contribution in [0.15, 0.2) is 91.4 Å². The van der Waals surface area contributed by atoms with Crippen LogP contribution in [0.3, 0.4) is 0 Å². The number of guanidine groups is 1. The number of aliphatic hydroxyl groups is 6. The van der Waals surface area contributed by atoms with E-state index in [1.807, 2.05) is 5.32 Å². The lowest BCUT2D eigenvalue weighted by molar-refractivity contribution is -0.143. The van der Waals surface area contributed by atoms with Gasteiger partial charge in [-0.15, -0.1) is 0 Å². The summed E-state index contributed by atoms with van der Waals surface area (Å²) in [5.41, 5.74) is 23.4. The number of phenols is 2. The van der Waals surface area contributed by atoms with Crippen molar-refractivity contribution in [3.05, 3.63) is 114 Å². The van der Waals surface area contributed by atoms with E-state index in [0.717, 1.165) is 26.0 Å². The lowest BCUT2D eigenvalue weighted by Gasteiger charge is -2.29. The number of phenolic OH excluding ortho intramolecular Hbond substituents is 2. The molecule has 141 heavy (non-hydrogen) atoms. The number of nitrogens with one attached hydrogen (secondary N) is 19. The van der Waals surface area contributed by atoms with E-state index >= 15 is 0 Å². The number of primary amides is 1. The molecule has 18 atom stereocenters. The third kappa shape index (κ3) is 42.8. The Bertz CT molecular complexity index is 4900. The van der Waals surface area contributed by atoms with Gasteiger partial charge in [-0.25, -0.2) is 9.78 Å². The van der Waals surface area contributed by atoms with Gasteiger partial charge in [0.2, 0.25) is 100 Å². The van der Waals surface area contributed by atoms with Crippen LogP contribution in [-0.4, -0.2) is 345 Å². The standard InChI is InChI=1S/C86H126N24O31/c1-41(2)27-54(73(128)102-59(33-67(123)124)77(132)107-62(38-113)81(136)98-53(85(140)141)14-10-26-93-86(90)91)99-74(129)55(29-45-15-19-48(117)20-16-45)100-72(127)51(13-8-9-25-87)96-80(135)61(37-112)106-75(130)56(30-46-17-21-49(118)22-18-46)101-76(131)58(32-66(121)122)103-82(137)63(39-114)108-84(139)69(43(4)116)110-78(133)57(28-44-11-6-5-7-12-44)104-83(138)68(42(3)115)109-65(120)35-94-71(126)52(23-24-64(89)119)97-79(134)60(36-111)105-70(125)50(88)31-47-34-92-40-95-47/h5-7,11-12,15-22,34,40-43,50-63,68-69,111-118H,8-10,13-14,23-33,35-39,87-88H2,1-4H3,(H2,89,119)(H,92,95)(H,94,126)(H,96,135)(H,97,134)(H,98,136)(H,99,129)(H,100,127)(H,101,131)(H,102,128)(H,103,137)(H,104,138)(H,105,125)(H,106,130)(H,107,132)(H,108,139)(H,109,120)(H,110,133)(H,121,122)(H,123,124)(H,140,141)(H4,90,91,93)/t42-,43-,50+,51+,52+,53+,54+,55+,56+,57+,58+,59+,60+,61+,62+,63+,68+,69+/m1/s1. The summed E-state index contributed by atoms with van der Waals surface area (Å²) in [6.07, 6.45) is -6.57. The molecular formula is C86H126N24O31. The molecule has 0 spiro atoms. The molecule has 55 heteroatoms. The van der Waals surface area contributed by atoms with Gasteiger partial charge in [0.05, 0.1) is 76.1 Å². The number of aliphatic carboxylic acids is 3. The number of rotatable bonds is 64. The maximum absolute atomic E-state index is 14.7. The zero-order valence-corrected chi connectivity index (χ0v) is 77.3. The summed E-state index contributed by atoms with van der Waals surface area (Å²) in [6, 6.07) is -12.3. The average Bonchev–Trinajstić information content (AvgIpc) is 1.09. The van der Waals surface area contributed by atoms with Crippen molar-refractivity contribution in [2.75, 3.05) is 46.1 Å². The number of carboxylic acid groups (broad SMARTS) is 3. The zero-order valence-electron chi connectivity index (χ0n) is 77.3. The number of nitrogens with two attached hydrogens (primary N) is 4. The molecule has 0 fully saturated rings. The average molecular weight is 1990 g/mol. The second-order valence-electron chi connectivity index (χ2n) is 33.0. The lowest BCUT2D eigenvalue weighted by atomic mass is 10.00. The molecule has 1 aromatic heterocycles. The second kappa shape index (κ2) is 60.5. The van der Waals surface area contributed by atoms with Crippen molar-refractivity contribution in [3.63, 3.8) is 0 Å². The van der Waals surface area contributed by atoms with Gasteiger partial charge in [0.1, 0.15) is 102 Å². The molecule has 1 heterocycles.